The molecule has 1 aliphatic rings. The summed E-state index contributed by atoms with van der Waals surface area (Å²) in [7, 11) is 0. The van der Waals surface area contributed by atoms with Gasteiger partial charge in [-0.2, -0.15) is 0 Å². The minimum absolute atomic E-state index is 0.147. The monoisotopic (exact) mass is 199 g/mol. The van der Waals surface area contributed by atoms with Crippen LogP contribution in [0.25, 0.3) is 0 Å². The smallest absolute Gasteiger partial charge is 0.242 e. The first-order chi connectivity index (χ1) is 6.43. The lowest BCUT2D eigenvalue weighted by molar-refractivity contribution is -0.131. The zero-order valence-corrected chi connectivity index (χ0v) is 8.59. The maximum absolute atomic E-state index is 11.6. The molecule has 0 bridgehead atoms. The first kappa shape index (κ1) is 11.0. The second-order valence-corrected chi connectivity index (χ2v) is 4.13. The van der Waals surface area contributed by atoms with Crippen molar-refractivity contribution in [3.05, 3.63) is 0 Å². The van der Waals surface area contributed by atoms with Crippen LogP contribution in [-0.2, 0) is 9.59 Å². The summed E-state index contributed by atoms with van der Waals surface area (Å²) in [4.78, 5) is 22.5. The fourth-order valence-electron chi connectivity index (χ4n) is 1.37. The Bertz CT molecular complexity index is 244. The van der Waals surface area contributed by atoms with Gasteiger partial charge in [0.1, 0.15) is 5.54 Å². The fourth-order valence-corrected chi connectivity index (χ4v) is 1.37. The predicted octanol–water partition coefficient (Wildman–Crippen LogP) is -0.881. The van der Waals surface area contributed by atoms with E-state index in [4.69, 9.17) is 5.73 Å². The van der Waals surface area contributed by atoms with Crippen molar-refractivity contribution >= 4 is 11.8 Å². The normalized spacial score (nSPS) is 22.0. The topological polar surface area (TPSA) is 84.2 Å². The highest BCUT2D eigenvalue weighted by Gasteiger charge is 2.31. The summed E-state index contributed by atoms with van der Waals surface area (Å²) in [6.45, 7) is 4.06. The fraction of sp³-hybridized carbons (Fsp3) is 0.778. The average Bonchev–Trinajstić information content (AvgIpc) is 2.54. The van der Waals surface area contributed by atoms with Crippen molar-refractivity contribution in [3.63, 3.8) is 0 Å². The van der Waals surface area contributed by atoms with Gasteiger partial charge in [-0.1, -0.05) is 0 Å². The summed E-state index contributed by atoms with van der Waals surface area (Å²) in [6.07, 6.45) is 1.82. The van der Waals surface area contributed by atoms with Gasteiger partial charge in [-0.3, -0.25) is 9.59 Å². The molecule has 14 heavy (non-hydrogen) atoms. The number of carbonyl (C=O) groups excluding carboxylic acids is 2. The van der Waals surface area contributed by atoms with Crippen LogP contribution in [0.15, 0.2) is 0 Å². The standard InChI is InChI=1S/C9H17N3O2/c1-9(2,8(10)14)12-7(13)6-4-3-5-11-6/h6,11H,3-5H2,1-2H3,(H2,10,14)(H,12,13)/t6-/m0/s1. The van der Waals surface area contributed by atoms with E-state index in [1.165, 1.54) is 0 Å². The second kappa shape index (κ2) is 3.96. The molecule has 2 amide bonds. The minimum Gasteiger partial charge on any atom is -0.368 e. The quantitative estimate of drug-likeness (QED) is 0.552. The van der Waals surface area contributed by atoms with Gasteiger partial charge in [-0.25, -0.2) is 0 Å². The maximum Gasteiger partial charge on any atom is 0.242 e. The molecular formula is C9H17N3O2. The zero-order chi connectivity index (χ0) is 10.8. The van der Waals surface area contributed by atoms with E-state index in [-0.39, 0.29) is 11.9 Å². The van der Waals surface area contributed by atoms with Crippen LogP contribution in [0.5, 0.6) is 0 Å². The lowest BCUT2D eigenvalue weighted by atomic mass is 10.0. The molecule has 5 heteroatoms. The Hall–Kier alpha value is -1.10. The van der Waals surface area contributed by atoms with E-state index in [1.54, 1.807) is 13.8 Å². The summed E-state index contributed by atoms with van der Waals surface area (Å²) in [6, 6.07) is -0.173. The van der Waals surface area contributed by atoms with Crippen molar-refractivity contribution in [2.45, 2.75) is 38.3 Å². The molecule has 1 fully saturated rings. The van der Waals surface area contributed by atoms with Gasteiger partial charge in [0, 0.05) is 0 Å². The van der Waals surface area contributed by atoms with Crippen LogP contribution in [-0.4, -0.2) is 29.9 Å². The van der Waals surface area contributed by atoms with Crippen LogP contribution in [0, 0.1) is 0 Å². The molecule has 1 atom stereocenters. The molecule has 5 nitrogen and oxygen atoms in total. The molecule has 4 N–H and O–H groups in total. The highest BCUT2D eigenvalue weighted by molar-refractivity contribution is 5.91. The van der Waals surface area contributed by atoms with Crippen LogP contribution in [0.3, 0.4) is 0 Å². The first-order valence-corrected chi connectivity index (χ1v) is 4.79. The van der Waals surface area contributed by atoms with Crippen molar-refractivity contribution in [1.29, 1.82) is 0 Å². The third-order valence-corrected chi connectivity index (χ3v) is 2.43. The Kier molecular flexibility index (Phi) is 3.10. The molecule has 0 unspecified atom stereocenters. The lowest BCUT2D eigenvalue weighted by Crippen LogP contribution is -2.56. The Morgan fingerprint density at radius 3 is 2.57 bits per heavy atom. The second-order valence-electron chi connectivity index (χ2n) is 4.13. The minimum atomic E-state index is -0.971. The molecule has 0 aromatic heterocycles. The summed E-state index contributed by atoms with van der Waals surface area (Å²) in [5, 5.41) is 5.68. The SMILES string of the molecule is CC(C)(NC(=O)[C@@H]1CCCN1)C(N)=O. The zero-order valence-electron chi connectivity index (χ0n) is 8.59. The van der Waals surface area contributed by atoms with Gasteiger partial charge in [-0.15, -0.1) is 0 Å². The van der Waals surface area contributed by atoms with Crippen LogP contribution in [0.2, 0.25) is 0 Å². The molecule has 1 rings (SSSR count). The predicted molar refractivity (Wildman–Crippen MR) is 52.4 cm³/mol. The van der Waals surface area contributed by atoms with Crippen LogP contribution < -0.4 is 16.4 Å². The van der Waals surface area contributed by atoms with Gasteiger partial charge in [0.25, 0.3) is 0 Å². The number of nitrogens with two attached hydrogens (primary N) is 1. The van der Waals surface area contributed by atoms with E-state index in [0.29, 0.717) is 0 Å². The molecule has 0 aromatic carbocycles. The summed E-state index contributed by atoms with van der Waals surface area (Å²) >= 11 is 0. The van der Waals surface area contributed by atoms with Crippen LogP contribution in [0.1, 0.15) is 26.7 Å². The molecule has 0 spiro atoms. The number of nitrogens with one attached hydrogen (secondary N) is 2. The van der Waals surface area contributed by atoms with E-state index in [0.717, 1.165) is 19.4 Å². The number of hydrogen-bond acceptors (Lipinski definition) is 3. The highest BCUT2D eigenvalue weighted by atomic mass is 16.2. The summed E-state index contributed by atoms with van der Waals surface area (Å²) in [5.74, 6) is -0.671. The summed E-state index contributed by atoms with van der Waals surface area (Å²) < 4.78 is 0. The first-order valence-electron chi connectivity index (χ1n) is 4.79. The van der Waals surface area contributed by atoms with E-state index in [2.05, 4.69) is 10.6 Å². The van der Waals surface area contributed by atoms with Gasteiger partial charge >= 0.3 is 0 Å². The van der Waals surface area contributed by atoms with Crippen molar-refractivity contribution in [2.75, 3.05) is 6.54 Å². The highest BCUT2D eigenvalue weighted by Crippen LogP contribution is 2.07. The average molecular weight is 199 g/mol. The molecule has 0 aliphatic carbocycles. The van der Waals surface area contributed by atoms with E-state index < -0.39 is 11.4 Å². The van der Waals surface area contributed by atoms with Gasteiger partial charge in [-0.05, 0) is 33.2 Å². The number of rotatable bonds is 3. The van der Waals surface area contributed by atoms with Gasteiger partial charge in [0.05, 0.1) is 6.04 Å². The van der Waals surface area contributed by atoms with E-state index in [1.807, 2.05) is 0 Å². The number of hydrogen-bond donors (Lipinski definition) is 3. The maximum atomic E-state index is 11.6. The Morgan fingerprint density at radius 1 is 1.50 bits per heavy atom. The molecule has 0 radical (unpaired) electrons. The third kappa shape index (κ3) is 2.45. The van der Waals surface area contributed by atoms with E-state index in [9.17, 15) is 9.59 Å². The molecule has 80 valence electrons. The number of primary amides is 1. The number of carbonyl (C=O) groups is 2. The van der Waals surface area contributed by atoms with Crippen LogP contribution >= 0.6 is 0 Å². The van der Waals surface area contributed by atoms with Crippen LogP contribution in [0.4, 0.5) is 0 Å². The summed E-state index contributed by atoms with van der Waals surface area (Å²) in [5.41, 5.74) is 4.17. The Morgan fingerprint density at radius 2 is 2.14 bits per heavy atom. The molecule has 1 saturated heterocycles. The van der Waals surface area contributed by atoms with Gasteiger partial charge in [0.2, 0.25) is 11.8 Å². The van der Waals surface area contributed by atoms with Crippen molar-refractivity contribution in [3.8, 4) is 0 Å². The van der Waals surface area contributed by atoms with Crippen molar-refractivity contribution in [2.24, 2.45) is 5.73 Å². The molecule has 0 saturated carbocycles. The Balaban J connectivity index is 2.51. The van der Waals surface area contributed by atoms with Gasteiger partial charge in [0.15, 0.2) is 0 Å². The lowest BCUT2D eigenvalue weighted by Gasteiger charge is -2.24. The van der Waals surface area contributed by atoms with Crippen molar-refractivity contribution in [1.82, 2.24) is 10.6 Å². The Labute approximate surface area is 83.4 Å². The van der Waals surface area contributed by atoms with E-state index >= 15 is 0 Å². The molecule has 1 aliphatic heterocycles. The third-order valence-electron chi connectivity index (χ3n) is 2.43. The number of amides is 2. The molecular weight excluding hydrogens is 182 g/mol. The largest absolute Gasteiger partial charge is 0.368 e. The van der Waals surface area contributed by atoms with Crippen molar-refractivity contribution < 1.29 is 9.59 Å². The van der Waals surface area contributed by atoms with Gasteiger partial charge < -0.3 is 16.4 Å². The molecule has 0 aromatic rings. The molecule has 1 heterocycles.